The number of urea groups is 1. The molecule has 5 nitrogen and oxygen atoms in total. The zero-order chi connectivity index (χ0) is 11.5. The first-order valence-corrected chi connectivity index (χ1v) is 4.75. The summed E-state index contributed by atoms with van der Waals surface area (Å²) < 4.78 is 12.7. The molecule has 1 aromatic rings. The molecular formula is C10H11FN4O. The second-order valence-electron chi connectivity index (χ2n) is 3.30. The zero-order valence-corrected chi connectivity index (χ0v) is 8.62. The van der Waals surface area contributed by atoms with Crippen LogP contribution < -0.4 is 16.0 Å². The predicted octanol–water partition coefficient (Wildman–Crippen LogP) is 0.713. The van der Waals surface area contributed by atoms with E-state index in [1.165, 1.54) is 12.1 Å². The van der Waals surface area contributed by atoms with Gasteiger partial charge in [0.1, 0.15) is 12.0 Å². The van der Waals surface area contributed by atoms with E-state index in [-0.39, 0.29) is 11.8 Å². The fourth-order valence-electron chi connectivity index (χ4n) is 1.43. The minimum absolute atomic E-state index is 0.312. The van der Waals surface area contributed by atoms with Crippen molar-refractivity contribution < 1.29 is 9.18 Å². The first-order valence-electron chi connectivity index (χ1n) is 4.75. The van der Waals surface area contributed by atoms with Gasteiger partial charge in [0.2, 0.25) is 5.96 Å². The van der Waals surface area contributed by atoms with Gasteiger partial charge in [-0.1, -0.05) is 12.1 Å². The third-order valence-corrected chi connectivity index (χ3v) is 2.22. The molecule has 1 aliphatic rings. The maximum atomic E-state index is 12.7. The topological polar surface area (TPSA) is 65.5 Å². The molecule has 0 aliphatic carbocycles. The highest BCUT2D eigenvalue weighted by molar-refractivity contribution is 5.98. The summed E-state index contributed by atoms with van der Waals surface area (Å²) in [6.45, 7) is 0. The highest BCUT2D eigenvalue weighted by atomic mass is 19.1. The van der Waals surface area contributed by atoms with Gasteiger partial charge in [-0.2, -0.15) is 0 Å². The SMILES string of the molecule is CN=C1NC(=O)NC(c2ccc(F)cc2)N1. The highest BCUT2D eigenvalue weighted by Gasteiger charge is 2.21. The van der Waals surface area contributed by atoms with Gasteiger partial charge < -0.3 is 10.6 Å². The summed E-state index contributed by atoms with van der Waals surface area (Å²) >= 11 is 0. The highest BCUT2D eigenvalue weighted by Crippen LogP contribution is 2.12. The van der Waals surface area contributed by atoms with Crippen molar-refractivity contribution in [3.8, 4) is 0 Å². The summed E-state index contributed by atoms with van der Waals surface area (Å²) in [5.74, 6) is 0.0754. The molecule has 0 saturated carbocycles. The van der Waals surface area contributed by atoms with Crippen LogP contribution in [0.2, 0.25) is 0 Å². The summed E-state index contributed by atoms with van der Waals surface area (Å²) in [5.41, 5.74) is 0.761. The van der Waals surface area contributed by atoms with E-state index in [0.717, 1.165) is 5.56 Å². The number of rotatable bonds is 1. The lowest BCUT2D eigenvalue weighted by Crippen LogP contribution is -2.57. The van der Waals surface area contributed by atoms with E-state index in [0.29, 0.717) is 5.96 Å². The molecule has 0 aromatic heterocycles. The minimum Gasteiger partial charge on any atom is -0.332 e. The van der Waals surface area contributed by atoms with Crippen LogP contribution in [-0.4, -0.2) is 19.0 Å². The molecule has 0 bridgehead atoms. The molecule has 1 aromatic carbocycles. The Balaban J connectivity index is 2.20. The number of nitrogens with one attached hydrogen (secondary N) is 3. The molecule has 16 heavy (non-hydrogen) atoms. The molecule has 0 radical (unpaired) electrons. The quantitative estimate of drug-likeness (QED) is 0.655. The second kappa shape index (κ2) is 4.18. The Morgan fingerprint density at radius 3 is 2.56 bits per heavy atom. The van der Waals surface area contributed by atoms with E-state index in [1.54, 1.807) is 19.2 Å². The average Bonchev–Trinajstić information content (AvgIpc) is 2.29. The molecule has 1 unspecified atom stereocenters. The lowest BCUT2D eigenvalue weighted by atomic mass is 10.1. The standard InChI is InChI=1S/C10H11FN4O/c1-12-9-13-8(14-10(16)15-9)6-2-4-7(11)5-3-6/h2-5,8H,1H3,(H3,12,13,14,15,16). The van der Waals surface area contributed by atoms with Crippen molar-refractivity contribution in [3.05, 3.63) is 35.6 Å². The number of hydrogen-bond acceptors (Lipinski definition) is 2. The van der Waals surface area contributed by atoms with E-state index >= 15 is 0 Å². The molecule has 1 aliphatic heterocycles. The van der Waals surface area contributed by atoms with E-state index < -0.39 is 6.17 Å². The van der Waals surface area contributed by atoms with E-state index in [9.17, 15) is 9.18 Å². The summed E-state index contributed by atoms with van der Waals surface area (Å²) in [7, 11) is 1.57. The summed E-state index contributed by atoms with van der Waals surface area (Å²) in [6.07, 6.45) is -0.395. The van der Waals surface area contributed by atoms with Gasteiger partial charge in [0.05, 0.1) is 0 Å². The second-order valence-corrected chi connectivity index (χ2v) is 3.30. The molecule has 6 heteroatoms. The lowest BCUT2D eigenvalue weighted by molar-refractivity contribution is 0.236. The number of guanidine groups is 1. The van der Waals surface area contributed by atoms with Crippen molar-refractivity contribution in [2.75, 3.05) is 7.05 Å². The third-order valence-electron chi connectivity index (χ3n) is 2.22. The van der Waals surface area contributed by atoms with Crippen LogP contribution in [0.4, 0.5) is 9.18 Å². The molecule has 1 heterocycles. The molecular weight excluding hydrogens is 211 g/mol. The monoisotopic (exact) mass is 222 g/mol. The van der Waals surface area contributed by atoms with E-state index in [2.05, 4.69) is 20.9 Å². The van der Waals surface area contributed by atoms with Gasteiger partial charge >= 0.3 is 6.03 Å². The van der Waals surface area contributed by atoms with Crippen LogP contribution in [0.1, 0.15) is 11.7 Å². The van der Waals surface area contributed by atoms with Crippen molar-refractivity contribution in [1.29, 1.82) is 0 Å². The predicted molar refractivity (Wildman–Crippen MR) is 57.3 cm³/mol. The average molecular weight is 222 g/mol. The fourth-order valence-corrected chi connectivity index (χ4v) is 1.43. The van der Waals surface area contributed by atoms with Crippen LogP contribution in [0, 0.1) is 5.82 Å². The number of aliphatic imine (C=N–C) groups is 1. The van der Waals surface area contributed by atoms with Gasteiger partial charge in [-0.05, 0) is 17.7 Å². The van der Waals surface area contributed by atoms with Crippen molar-refractivity contribution >= 4 is 12.0 Å². The smallest absolute Gasteiger partial charge is 0.323 e. The maximum absolute atomic E-state index is 12.7. The van der Waals surface area contributed by atoms with E-state index in [1.807, 2.05) is 0 Å². The number of nitrogens with zero attached hydrogens (tertiary/aromatic N) is 1. The largest absolute Gasteiger partial charge is 0.332 e. The van der Waals surface area contributed by atoms with Gasteiger partial charge in [-0.25, -0.2) is 9.18 Å². The van der Waals surface area contributed by atoms with Crippen molar-refractivity contribution in [2.45, 2.75) is 6.17 Å². The Hall–Kier alpha value is -2.11. The summed E-state index contributed by atoms with van der Waals surface area (Å²) in [6, 6.07) is 5.55. The van der Waals surface area contributed by atoms with Crippen LogP contribution in [0.5, 0.6) is 0 Å². The van der Waals surface area contributed by atoms with Gasteiger partial charge in [-0.3, -0.25) is 10.3 Å². The van der Waals surface area contributed by atoms with Gasteiger partial charge in [0.25, 0.3) is 0 Å². The van der Waals surface area contributed by atoms with Crippen LogP contribution in [-0.2, 0) is 0 Å². The minimum atomic E-state index is -0.395. The van der Waals surface area contributed by atoms with Crippen LogP contribution >= 0.6 is 0 Å². The Kier molecular flexibility index (Phi) is 2.72. The first-order chi connectivity index (χ1) is 7.69. The lowest BCUT2D eigenvalue weighted by Gasteiger charge is -2.27. The molecule has 3 N–H and O–H groups in total. The Labute approximate surface area is 91.8 Å². The molecule has 2 rings (SSSR count). The Bertz CT molecular complexity index is 429. The molecule has 84 valence electrons. The summed E-state index contributed by atoms with van der Waals surface area (Å²) in [4.78, 5) is 15.1. The summed E-state index contributed by atoms with van der Waals surface area (Å²) in [5, 5.41) is 8.10. The van der Waals surface area contributed by atoms with Crippen molar-refractivity contribution in [3.63, 3.8) is 0 Å². The molecule has 2 amide bonds. The Morgan fingerprint density at radius 1 is 1.25 bits per heavy atom. The fraction of sp³-hybridized carbons (Fsp3) is 0.200. The molecule has 1 atom stereocenters. The van der Waals surface area contributed by atoms with Crippen molar-refractivity contribution in [1.82, 2.24) is 16.0 Å². The maximum Gasteiger partial charge on any atom is 0.323 e. The molecule has 0 spiro atoms. The number of carbonyl (C=O) groups is 1. The zero-order valence-electron chi connectivity index (χ0n) is 8.62. The number of carbonyl (C=O) groups excluding carboxylic acids is 1. The van der Waals surface area contributed by atoms with Gasteiger partial charge in [-0.15, -0.1) is 0 Å². The van der Waals surface area contributed by atoms with Crippen LogP contribution in [0.3, 0.4) is 0 Å². The number of halogens is 1. The third kappa shape index (κ3) is 2.10. The number of amides is 2. The first kappa shape index (κ1) is 10.4. The van der Waals surface area contributed by atoms with Crippen molar-refractivity contribution in [2.24, 2.45) is 4.99 Å². The molecule has 1 fully saturated rings. The van der Waals surface area contributed by atoms with Crippen LogP contribution in [0.15, 0.2) is 29.3 Å². The molecule has 1 saturated heterocycles. The number of benzene rings is 1. The van der Waals surface area contributed by atoms with Crippen LogP contribution in [0.25, 0.3) is 0 Å². The normalized spacial score (nSPS) is 22.2. The van der Waals surface area contributed by atoms with Gasteiger partial charge in [0, 0.05) is 7.05 Å². The van der Waals surface area contributed by atoms with E-state index in [4.69, 9.17) is 0 Å². The number of hydrogen-bond donors (Lipinski definition) is 3. The van der Waals surface area contributed by atoms with Gasteiger partial charge in [0.15, 0.2) is 0 Å². The Morgan fingerprint density at radius 2 is 1.94 bits per heavy atom.